The Labute approximate surface area is 184 Å². The fourth-order valence-corrected chi connectivity index (χ4v) is 7.85. The van der Waals surface area contributed by atoms with Gasteiger partial charge in [0, 0.05) is 0 Å². The first kappa shape index (κ1) is 28.9. The molecule has 1 aromatic carbocycles. The fraction of sp³-hybridized carbons (Fsp3) is 0.647. The molecular formula is C17H17F13NO2P. The molecule has 17 heteroatoms. The number of hydrogen-bond acceptors (Lipinski definition) is 3. The van der Waals surface area contributed by atoms with E-state index in [2.05, 4.69) is 9.05 Å². The minimum atomic E-state index is -7.94. The van der Waals surface area contributed by atoms with Crippen LogP contribution in [-0.4, -0.2) is 53.7 Å². The molecule has 0 spiro atoms. The molecule has 0 saturated carbocycles. The molecule has 0 amide bonds. The molecule has 34 heavy (non-hydrogen) atoms. The van der Waals surface area contributed by atoms with E-state index in [4.69, 9.17) is 0 Å². The summed E-state index contributed by atoms with van der Waals surface area (Å²) in [6, 6.07) is 2.55. The van der Waals surface area contributed by atoms with Gasteiger partial charge in [-0.1, -0.05) is 0 Å². The standard InChI is InChI=1S/C17H17F13NO2P/c1-4-31(5-2)34(30,11-8-6-10(3)7-9-11)32-12(14(18,19)20,15(21,22)23)13(33-34,16(24,25)26)17(27,28)29/h6-9H,4-5H2,1-3H3. The normalized spacial score (nSPS) is 23.5. The van der Waals surface area contributed by atoms with Crippen LogP contribution >= 0.6 is 7.52 Å². The van der Waals surface area contributed by atoms with Gasteiger partial charge in [0.2, 0.25) is 0 Å². The van der Waals surface area contributed by atoms with E-state index in [-0.39, 0.29) is 10.2 Å². The molecule has 1 aromatic rings. The van der Waals surface area contributed by atoms with Gasteiger partial charge in [-0.15, -0.1) is 0 Å². The molecule has 1 aliphatic heterocycles. The van der Waals surface area contributed by atoms with E-state index in [1.807, 2.05) is 0 Å². The molecule has 0 N–H and O–H groups in total. The van der Waals surface area contributed by atoms with E-state index in [0.29, 0.717) is 12.1 Å². The van der Waals surface area contributed by atoms with Crippen molar-refractivity contribution < 1.29 is 65.9 Å². The van der Waals surface area contributed by atoms with Crippen molar-refractivity contribution in [3.8, 4) is 0 Å². The van der Waals surface area contributed by atoms with Gasteiger partial charge in [-0.25, -0.2) is 0 Å². The average molecular weight is 545 g/mol. The van der Waals surface area contributed by atoms with Gasteiger partial charge in [0.05, 0.1) is 0 Å². The van der Waals surface area contributed by atoms with Crippen LogP contribution < -0.4 is 5.30 Å². The summed E-state index contributed by atoms with van der Waals surface area (Å²) in [5, 5.41) is -1.48. The molecule has 0 aromatic heterocycles. The third kappa shape index (κ3) is 3.50. The molecule has 0 aliphatic carbocycles. The van der Waals surface area contributed by atoms with E-state index in [0.717, 1.165) is 26.0 Å². The Hall–Kier alpha value is -1.38. The van der Waals surface area contributed by atoms with Gasteiger partial charge in [0.1, 0.15) is 0 Å². The van der Waals surface area contributed by atoms with Crippen LogP contribution in [0.5, 0.6) is 0 Å². The number of halogens is 13. The van der Waals surface area contributed by atoms with Gasteiger partial charge >= 0.3 is 183 Å². The van der Waals surface area contributed by atoms with Gasteiger partial charge in [0.15, 0.2) is 0 Å². The molecule has 1 aliphatic rings. The predicted octanol–water partition coefficient (Wildman–Crippen LogP) is 6.92. The van der Waals surface area contributed by atoms with E-state index < -0.39 is 61.8 Å². The van der Waals surface area contributed by atoms with Crippen molar-refractivity contribution in [3.63, 3.8) is 0 Å². The van der Waals surface area contributed by atoms with E-state index >= 15 is 4.20 Å². The predicted molar refractivity (Wildman–Crippen MR) is 93.6 cm³/mol. The van der Waals surface area contributed by atoms with Crippen LogP contribution in [0.15, 0.2) is 24.3 Å². The Morgan fingerprint density at radius 1 is 0.676 bits per heavy atom. The quantitative estimate of drug-likeness (QED) is 0.303. The molecule has 0 atom stereocenters. The summed E-state index contributed by atoms with van der Waals surface area (Å²) in [6.07, 6.45) is -30.0. The number of alkyl halides is 12. The van der Waals surface area contributed by atoms with Crippen molar-refractivity contribution in [1.82, 2.24) is 4.67 Å². The second-order valence-corrected chi connectivity index (χ2v) is 10.4. The van der Waals surface area contributed by atoms with Crippen molar-refractivity contribution in [3.05, 3.63) is 29.8 Å². The Bertz CT molecular complexity index is 832. The molecule has 0 unspecified atom stereocenters. The van der Waals surface area contributed by atoms with Crippen molar-refractivity contribution in [2.24, 2.45) is 0 Å². The summed E-state index contributed by atoms with van der Waals surface area (Å²) in [7, 11) is -7.94. The molecule has 1 fully saturated rings. The first-order valence-electron chi connectivity index (χ1n) is 9.25. The summed E-state index contributed by atoms with van der Waals surface area (Å²) >= 11 is 0. The summed E-state index contributed by atoms with van der Waals surface area (Å²) in [5.74, 6) is 0. The second-order valence-electron chi connectivity index (χ2n) is 7.33. The maximum atomic E-state index is 17.0. The van der Waals surface area contributed by atoms with E-state index in [1.165, 1.54) is 6.92 Å². The van der Waals surface area contributed by atoms with Crippen LogP contribution in [0.4, 0.5) is 56.9 Å². The number of hydrogen-bond donors (Lipinski definition) is 0. The van der Waals surface area contributed by atoms with Crippen LogP contribution in [0, 0.1) is 6.92 Å². The summed E-state index contributed by atoms with van der Waals surface area (Å²) in [5.41, 5.74) is -14.2. The third-order valence-electron chi connectivity index (χ3n) is 5.35. The SMILES string of the molecule is CCN(CC)P1(F)(c2ccc(C)cc2)OC(C(F)(F)F)(C(F)(F)F)C(C(F)(F)F)(C(F)(F)F)O1. The Morgan fingerprint density at radius 3 is 1.21 bits per heavy atom. The first-order valence-corrected chi connectivity index (χ1v) is 11.2. The van der Waals surface area contributed by atoms with E-state index in [9.17, 15) is 52.7 Å². The molecule has 1 saturated heterocycles. The Balaban J connectivity index is 3.28. The minimum absolute atomic E-state index is 0.151. The molecule has 2 rings (SSSR count). The molecule has 198 valence electrons. The second kappa shape index (κ2) is 7.81. The number of aryl methyl sites for hydroxylation is 1. The summed E-state index contributed by atoms with van der Waals surface area (Å²) in [4.78, 5) is 0. The molecule has 1 heterocycles. The fourth-order valence-electron chi connectivity index (χ4n) is 3.83. The molecule has 0 bridgehead atoms. The summed E-state index contributed by atoms with van der Waals surface area (Å²) in [6.45, 7) is 1.11. The zero-order chi connectivity index (χ0) is 26.8. The zero-order valence-corrected chi connectivity index (χ0v) is 18.2. The average Bonchev–Trinajstić information content (AvgIpc) is 2.94. The zero-order valence-electron chi connectivity index (χ0n) is 17.3. The van der Waals surface area contributed by atoms with Crippen LogP contribution in [-0.2, 0) is 9.05 Å². The van der Waals surface area contributed by atoms with Crippen molar-refractivity contribution in [1.29, 1.82) is 0 Å². The van der Waals surface area contributed by atoms with Crippen molar-refractivity contribution >= 4 is 12.8 Å². The van der Waals surface area contributed by atoms with Crippen LogP contribution in [0.25, 0.3) is 0 Å². The van der Waals surface area contributed by atoms with Crippen molar-refractivity contribution in [2.45, 2.75) is 56.7 Å². The van der Waals surface area contributed by atoms with Crippen molar-refractivity contribution in [2.75, 3.05) is 13.1 Å². The van der Waals surface area contributed by atoms with Crippen LogP contribution in [0.3, 0.4) is 0 Å². The van der Waals surface area contributed by atoms with Crippen LogP contribution in [0.1, 0.15) is 19.4 Å². The Morgan fingerprint density at radius 2 is 0.971 bits per heavy atom. The van der Waals surface area contributed by atoms with Gasteiger partial charge < -0.3 is 0 Å². The van der Waals surface area contributed by atoms with Gasteiger partial charge in [-0.3, -0.25) is 0 Å². The number of nitrogens with zero attached hydrogens (tertiary/aromatic N) is 1. The van der Waals surface area contributed by atoms with Gasteiger partial charge in [-0.05, 0) is 0 Å². The van der Waals surface area contributed by atoms with Gasteiger partial charge in [0.25, 0.3) is 0 Å². The monoisotopic (exact) mass is 545 g/mol. The maximum absolute atomic E-state index is 17.0. The molecule has 3 nitrogen and oxygen atoms in total. The topological polar surface area (TPSA) is 21.7 Å². The number of benzene rings is 1. The van der Waals surface area contributed by atoms with Gasteiger partial charge in [-0.2, -0.15) is 0 Å². The molecule has 0 radical (unpaired) electrons. The Kier molecular flexibility index (Phi) is 6.63. The van der Waals surface area contributed by atoms with Crippen LogP contribution in [0.2, 0.25) is 0 Å². The van der Waals surface area contributed by atoms with E-state index in [1.54, 1.807) is 0 Å². The first-order chi connectivity index (χ1) is 15.0. The molecular weight excluding hydrogens is 528 g/mol. The summed E-state index contributed by atoms with van der Waals surface area (Å²) < 4.78 is 191. The number of rotatable bonds is 4. The third-order valence-corrected chi connectivity index (χ3v) is 9.20.